The fourth-order valence-electron chi connectivity index (χ4n) is 3.80. The van der Waals surface area contributed by atoms with E-state index in [1.165, 1.54) is 11.1 Å². The van der Waals surface area contributed by atoms with Crippen LogP contribution in [0, 0.1) is 0 Å². The largest absolute Gasteiger partial charge is 0.497 e. The van der Waals surface area contributed by atoms with Crippen molar-refractivity contribution < 1.29 is 14.3 Å². The van der Waals surface area contributed by atoms with E-state index in [1.807, 2.05) is 41.3 Å². The fourth-order valence-corrected chi connectivity index (χ4v) is 3.80. The lowest BCUT2D eigenvalue weighted by Crippen LogP contribution is -2.32. The van der Waals surface area contributed by atoms with Gasteiger partial charge < -0.3 is 15.0 Å². The number of ether oxygens (including phenoxy) is 1. The Labute approximate surface area is 153 Å². The second-order valence-corrected chi connectivity index (χ2v) is 6.83. The third-order valence-electron chi connectivity index (χ3n) is 5.14. The molecule has 1 N–H and O–H groups in total. The van der Waals surface area contributed by atoms with Gasteiger partial charge in [-0.25, -0.2) is 0 Å². The van der Waals surface area contributed by atoms with Crippen LogP contribution in [0.15, 0.2) is 36.4 Å². The number of methoxy groups -OCH3 is 1. The Morgan fingerprint density at radius 2 is 1.85 bits per heavy atom. The molecule has 0 aliphatic carbocycles. The highest BCUT2D eigenvalue weighted by Crippen LogP contribution is 2.38. The summed E-state index contributed by atoms with van der Waals surface area (Å²) in [5, 5.41) is 3.02. The van der Waals surface area contributed by atoms with Gasteiger partial charge >= 0.3 is 0 Å². The molecule has 0 unspecified atom stereocenters. The first kappa shape index (κ1) is 16.6. The molecule has 2 heterocycles. The summed E-state index contributed by atoms with van der Waals surface area (Å²) >= 11 is 0. The van der Waals surface area contributed by atoms with Crippen molar-refractivity contribution in [3.63, 3.8) is 0 Å². The number of carbonyl (C=O) groups is 2. The molecule has 26 heavy (non-hydrogen) atoms. The number of rotatable bonds is 5. The number of nitrogens with zero attached hydrogens (tertiary/aromatic N) is 1. The highest BCUT2D eigenvalue weighted by molar-refractivity contribution is 6.00. The predicted octanol–water partition coefficient (Wildman–Crippen LogP) is 3.10. The SMILES string of the molecule is COc1ccc(CCC(=O)Nc2cc3c4c(c2)CCN4C(=O)CC3)cc1. The zero-order valence-corrected chi connectivity index (χ0v) is 14.9. The Balaban J connectivity index is 1.41. The van der Waals surface area contributed by atoms with Crippen molar-refractivity contribution in [2.75, 3.05) is 23.9 Å². The van der Waals surface area contributed by atoms with Crippen molar-refractivity contribution in [1.29, 1.82) is 0 Å². The van der Waals surface area contributed by atoms with Crippen LogP contribution < -0.4 is 15.0 Å². The number of benzene rings is 2. The van der Waals surface area contributed by atoms with Gasteiger partial charge in [0.2, 0.25) is 11.8 Å². The van der Waals surface area contributed by atoms with Crippen molar-refractivity contribution in [3.05, 3.63) is 53.1 Å². The smallest absolute Gasteiger partial charge is 0.227 e. The van der Waals surface area contributed by atoms with Gasteiger partial charge in [-0.05, 0) is 60.2 Å². The van der Waals surface area contributed by atoms with Crippen LogP contribution in [0.5, 0.6) is 5.75 Å². The summed E-state index contributed by atoms with van der Waals surface area (Å²) in [7, 11) is 1.64. The molecule has 4 rings (SSSR count). The summed E-state index contributed by atoms with van der Waals surface area (Å²) in [5.74, 6) is 1.04. The molecule has 5 heteroatoms. The molecule has 0 radical (unpaired) electrons. The standard InChI is InChI=1S/C21H22N2O3/c1-26-18-6-2-14(3-7-18)4-8-19(24)22-17-12-15-5-9-20(25)23-11-10-16(13-17)21(15)23/h2-3,6-7,12-13H,4-5,8-11H2,1H3,(H,22,24). The third kappa shape index (κ3) is 3.17. The van der Waals surface area contributed by atoms with E-state index >= 15 is 0 Å². The number of nitrogens with one attached hydrogen (secondary N) is 1. The maximum atomic E-state index is 12.3. The van der Waals surface area contributed by atoms with Crippen molar-refractivity contribution in [2.45, 2.75) is 32.1 Å². The van der Waals surface area contributed by atoms with Gasteiger partial charge in [-0.15, -0.1) is 0 Å². The normalized spacial score (nSPS) is 15.0. The minimum absolute atomic E-state index is 0.00899. The molecule has 2 aliphatic rings. The highest BCUT2D eigenvalue weighted by Gasteiger charge is 2.31. The van der Waals surface area contributed by atoms with Crippen LogP contribution in [0.1, 0.15) is 29.5 Å². The highest BCUT2D eigenvalue weighted by atomic mass is 16.5. The van der Waals surface area contributed by atoms with Crippen LogP contribution in [-0.4, -0.2) is 25.5 Å². The number of carbonyl (C=O) groups excluding carboxylic acids is 2. The first-order valence-corrected chi connectivity index (χ1v) is 9.03. The van der Waals surface area contributed by atoms with Crippen LogP contribution in [0.4, 0.5) is 11.4 Å². The van der Waals surface area contributed by atoms with Gasteiger partial charge in [0.25, 0.3) is 0 Å². The van der Waals surface area contributed by atoms with Crippen LogP contribution in [-0.2, 0) is 28.9 Å². The van der Waals surface area contributed by atoms with Gasteiger partial charge in [-0.2, -0.15) is 0 Å². The topological polar surface area (TPSA) is 58.6 Å². The van der Waals surface area contributed by atoms with E-state index in [4.69, 9.17) is 4.74 Å². The third-order valence-corrected chi connectivity index (χ3v) is 5.14. The summed E-state index contributed by atoms with van der Waals surface area (Å²) in [6.45, 7) is 0.760. The second-order valence-electron chi connectivity index (χ2n) is 6.83. The van der Waals surface area contributed by atoms with Gasteiger partial charge in [-0.1, -0.05) is 12.1 Å². The van der Waals surface area contributed by atoms with E-state index in [2.05, 4.69) is 5.32 Å². The molecule has 2 aromatic rings. The molecule has 2 amide bonds. The maximum Gasteiger partial charge on any atom is 0.227 e. The van der Waals surface area contributed by atoms with E-state index in [9.17, 15) is 9.59 Å². The Bertz CT molecular complexity index is 858. The van der Waals surface area contributed by atoms with Crippen LogP contribution >= 0.6 is 0 Å². The van der Waals surface area contributed by atoms with E-state index < -0.39 is 0 Å². The molecular formula is C21H22N2O3. The van der Waals surface area contributed by atoms with Gasteiger partial charge in [0, 0.05) is 25.1 Å². The number of aryl methyl sites for hydroxylation is 2. The summed E-state index contributed by atoms with van der Waals surface area (Å²) in [6, 6.07) is 11.8. The average molecular weight is 350 g/mol. The Hall–Kier alpha value is -2.82. The van der Waals surface area contributed by atoms with Crippen LogP contribution in [0.25, 0.3) is 0 Å². The van der Waals surface area contributed by atoms with Crippen molar-refractivity contribution >= 4 is 23.2 Å². The molecular weight excluding hydrogens is 328 g/mol. The van der Waals surface area contributed by atoms with Crippen molar-refractivity contribution in [1.82, 2.24) is 0 Å². The summed E-state index contributed by atoms with van der Waals surface area (Å²) in [5.41, 5.74) is 5.37. The molecule has 0 atom stereocenters. The van der Waals surface area contributed by atoms with Crippen molar-refractivity contribution in [2.24, 2.45) is 0 Å². The first-order chi connectivity index (χ1) is 12.6. The van der Waals surface area contributed by atoms with Crippen molar-refractivity contribution in [3.8, 4) is 5.75 Å². The number of hydrogen-bond acceptors (Lipinski definition) is 3. The minimum atomic E-state index is 0.00899. The van der Waals surface area contributed by atoms with Crippen LogP contribution in [0.3, 0.4) is 0 Å². The Morgan fingerprint density at radius 1 is 1.12 bits per heavy atom. The first-order valence-electron chi connectivity index (χ1n) is 9.03. The van der Waals surface area contributed by atoms with Gasteiger partial charge in [0.15, 0.2) is 0 Å². The Morgan fingerprint density at radius 3 is 2.58 bits per heavy atom. The Kier molecular flexibility index (Phi) is 4.37. The van der Waals surface area contributed by atoms with Gasteiger partial charge in [0.05, 0.1) is 12.8 Å². The van der Waals surface area contributed by atoms with Gasteiger partial charge in [-0.3, -0.25) is 9.59 Å². The van der Waals surface area contributed by atoms with E-state index in [0.29, 0.717) is 19.3 Å². The van der Waals surface area contributed by atoms with E-state index in [-0.39, 0.29) is 11.8 Å². The number of anilines is 2. The quantitative estimate of drug-likeness (QED) is 0.901. The average Bonchev–Trinajstić information content (AvgIpc) is 3.09. The zero-order chi connectivity index (χ0) is 18.1. The maximum absolute atomic E-state index is 12.3. The van der Waals surface area contributed by atoms with Gasteiger partial charge in [0.1, 0.15) is 5.75 Å². The van der Waals surface area contributed by atoms with E-state index in [1.54, 1.807) is 7.11 Å². The molecule has 2 aromatic carbocycles. The number of amides is 2. The molecule has 0 bridgehead atoms. The summed E-state index contributed by atoms with van der Waals surface area (Å²) in [4.78, 5) is 26.2. The monoisotopic (exact) mass is 350 g/mol. The zero-order valence-electron chi connectivity index (χ0n) is 14.9. The lowest BCUT2D eigenvalue weighted by atomic mass is 9.98. The lowest BCUT2D eigenvalue weighted by molar-refractivity contribution is -0.119. The molecule has 0 aromatic heterocycles. The molecule has 134 valence electrons. The summed E-state index contributed by atoms with van der Waals surface area (Å²) in [6.07, 6.45) is 3.30. The predicted molar refractivity (Wildman–Crippen MR) is 101 cm³/mol. The second kappa shape index (κ2) is 6.83. The summed E-state index contributed by atoms with van der Waals surface area (Å²) < 4.78 is 5.15. The molecule has 0 fully saturated rings. The molecule has 2 aliphatic heterocycles. The van der Waals surface area contributed by atoms with Crippen LogP contribution in [0.2, 0.25) is 0 Å². The molecule has 5 nitrogen and oxygen atoms in total. The lowest BCUT2D eigenvalue weighted by Gasteiger charge is -2.25. The number of hydrogen-bond donors (Lipinski definition) is 1. The van der Waals surface area contributed by atoms with E-state index in [0.717, 1.165) is 42.1 Å². The molecule has 0 saturated heterocycles. The molecule has 0 saturated carbocycles. The molecule has 0 spiro atoms. The minimum Gasteiger partial charge on any atom is -0.497 e. The fraction of sp³-hybridized carbons (Fsp3) is 0.333.